The van der Waals surface area contributed by atoms with Gasteiger partial charge in [-0.15, -0.1) is 11.6 Å². The first-order valence-corrected chi connectivity index (χ1v) is 11.5. The Kier molecular flexibility index (Phi) is 7.30. The van der Waals surface area contributed by atoms with Crippen molar-refractivity contribution in [2.75, 3.05) is 7.05 Å². The molecule has 1 aromatic carbocycles. The fourth-order valence-corrected chi connectivity index (χ4v) is 4.59. The number of likely N-dealkylation sites (N-methyl/N-ethyl adjacent to an activating group) is 1. The Morgan fingerprint density at radius 1 is 1.13 bits per heavy atom. The third-order valence-electron chi connectivity index (χ3n) is 5.86. The average molecular weight is 481 g/mol. The van der Waals surface area contributed by atoms with Crippen molar-refractivity contribution in [1.29, 1.82) is 0 Å². The first kappa shape index (κ1) is 24.0. The molecule has 6 heteroatoms. The van der Waals surface area contributed by atoms with E-state index < -0.39 is 5.54 Å². The van der Waals surface area contributed by atoms with E-state index in [2.05, 4.69) is 18.2 Å². The highest BCUT2D eigenvalue weighted by Crippen LogP contribution is 2.35. The van der Waals surface area contributed by atoms with Gasteiger partial charge in [0.1, 0.15) is 11.5 Å². The van der Waals surface area contributed by atoms with E-state index in [0.717, 1.165) is 36.4 Å². The van der Waals surface area contributed by atoms with Crippen LogP contribution in [-0.2, 0) is 4.74 Å². The molecular formula is C25H28Cl3NO2. The number of halogens is 3. The van der Waals surface area contributed by atoms with Gasteiger partial charge in [-0.05, 0) is 69.9 Å². The predicted molar refractivity (Wildman–Crippen MR) is 130 cm³/mol. The number of benzene rings is 1. The van der Waals surface area contributed by atoms with Crippen LogP contribution >= 0.6 is 34.8 Å². The van der Waals surface area contributed by atoms with Crippen LogP contribution in [0.5, 0.6) is 0 Å². The molecule has 31 heavy (non-hydrogen) atoms. The Morgan fingerprint density at radius 3 is 2.45 bits per heavy atom. The summed E-state index contributed by atoms with van der Waals surface area (Å²) in [6.45, 7) is 6.03. The van der Waals surface area contributed by atoms with Crippen molar-refractivity contribution in [2.24, 2.45) is 0 Å². The predicted octanol–water partition coefficient (Wildman–Crippen LogP) is 7.70. The molecule has 0 saturated carbocycles. The molecule has 0 aliphatic heterocycles. The Labute approximate surface area is 200 Å². The van der Waals surface area contributed by atoms with E-state index in [1.165, 1.54) is 0 Å². The summed E-state index contributed by atoms with van der Waals surface area (Å²) in [6, 6.07) is 5.08. The number of alkyl halides is 1. The number of nitrogens with zero attached hydrogens (tertiary/aromatic N) is 1. The first-order chi connectivity index (χ1) is 14.5. The second-order valence-electron chi connectivity index (χ2n) is 8.61. The number of carbonyl (C=O) groups excluding carboxylic acids is 1. The summed E-state index contributed by atoms with van der Waals surface area (Å²) in [4.78, 5) is 14.6. The number of amides is 1. The highest BCUT2D eigenvalue weighted by molar-refractivity contribution is 6.39. The lowest BCUT2D eigenvalue weighted by Crippen LogP contribution is -2.46. The van der Waals surface area contributed by atoms with Crippen LogP contribution in [0.4, 0.5) is 0 Å². The third-order valence-corrected chi connectivity index (χ3v) is 6.75. The van der Waals surface area contributed by atoms with Crippen LogP contribution in [0.25, 0.3) is 0 Å². The quantitative estimate of drug-likeness (QED) is 0.326. The molecule has 0 bridgehead atoms. The zero-order chi connectivity index (χ0) is 22.8. The fourth-order valence-electron chi connectivity index (χ4n) is 3.79. The van der Waals surface area contributed by atoms with E-state index in [1.54, 1.807) is 30.1 Å². The molecule has 3 nitrogen and oxygen atoms in total. The highest BCUT2D eigenvalue weighted by atomic mass is 35.5. The molecular weight excluding hydrogens is 453 g/mol. The molecule has 0 saturated heterocycles. The number of rotatable bonds is 4. The van der Waals surface area contributed by atoms with Crippen molar-refractivity contribution in [3.63, 3.8) is 0 Å². The van der Waals surface area contributed by atoms with Crippen molar-refractivity contribution in [2.45, 2.75) is 56.9 Å². The zero-order valence-electron chi connectivity index (χ0n) is 18.3. The van der Waals surface area contributed by atoms with Gasteiger partial charge in [-0.2, -0.15) is 0 Å². The largest absolute Gasteiger partial charge is 0.462 e. The molecule has 0 spiro atoms. The minimum Gasteiger partial charge on any atom is -0.462 e. The van der Waals surface area contributed by atoms with E-state index >= 15 is 0 Å². The van der Waals surface area contributed by atoms with Gasteiger partial charge in [-0.1, -0.05) is 47.5 Å². The number of carbonyl (C=O) groups is 1. The lowest BCUT2D eigenvalue weighted by atomic mass is 9.91. The van der Waals surface area contributed by atoms with Gasteiger partial charge in [-0.3, -0.25) is 4.79 Å². The normalized spacial score (nSPS) is 28.9. The molecule has 0 aromatic heterocycles. The van der Waals surface area contributed by atoms with E-state index in [4.69, 9.17) is 39.5 Å². The van der Waals surface area contributed by atoms with Crippen LogP contribution in [0.15, 0.2) is 65.7 Å². The van der Waals surface area contributed by atoms with Gasteiger partial charge in [0.05, 0.1) is 26.0 Å². The summed E-state index contributed by atoms with van der Waals surface area (Å²) in [5.41, 5.74) is 0.809. The molecule has 1 amide bonds. The standard InChI is InChI=1S/C25H28Cl3NO2/c1-17-16-24(2,28)14-12-21(17)31-18-8-5-6-13-25(3,15-11-18)29(4)23(30)22-19(26)9-7-10-20(22)27/h6-7,9-13,16H,5,8,14-15H2,1-4H3/b13-6+,18-11+. The van der Waals surface area contributed by atoms with Crippen molar-refractivity contribution in [3.8, 4) is 0 Å². The summed E-state index contributed by atoms with van der Waals surface area (Å²) in [5, 5.41) is 0.695. The molecule has 2 atom stereocenters. The summed E-state index contributed by atoms with van der Waals surface area (Å²) in [6.07, 6.45) is 13.3. The first-order valence-electron chi connectivity index (χ1n) is 10.4. The molecule has 0 radical (unpaired) electrons. The topological polar surface area (TPSA) is 29.5 Å². The maximum absolute atomic E-state index is 13.2. The van der Waals surface area contributed by atoms with Crippen molar-refractivity contribution >= 4 is 40.7 Å². The lowest BCUT2D eigenvalue weighted by Gasteiger charge is -2.37. The minimum atomic E-state index is -0.546. The average Bonchev–Trinajstić information content (AvgIpc) is 2.68. The number of allylic oxidation sites excluding steroid dienone is 5. The van der Waals surface area contributed by atoms with E-state index in [9.17, 15) is 4.79 Å². The summed E-state index contributed by atoms with van der Waals surface area (Å²) >= 11 is 19.0. The maximum Gasteiger partial charge on any atom is 0.257 e. The Hall–Kier alpha value is -1.68. The van der Waals surface area contributed by atoms with E-state index in [1.807, 2.05) is 32.9 Å². The van der Waals surface area contributed by atoms with Crippen LogP contribution < -0.4 is 0 Å². The van der Waals surface area contributed by atoms with Crippen molar-refractivity contribution in [3.05, 3.63) is 81.3 Å². The summed E-state index contributed by atoms with van der Waals surface area (Å²) in [7, 11) is 1.78. The van der Waals surface area contributed by atoms with Crippen LogP contribution in [-0.4, -0.2) is 28.3 Å². The molecule has 0 heterocycles. The molecule has 2 aliphatic rings. The Bertz CT molecular complexity index is 970. The van der Waals surface area contributed by atoms with Crippen molar-refractivity contribution in [1.82, 2.24) is 4.90 Å². The second kappa shape index (κ2) is 9.44. The Morgan fingerprint density at radius 2 is 1.81 bits per heavy atom. The SMILES string of the molecule is CC1=CC(C)(Cl)CC=C1O/C1=C/CC(C)(N(C)C(=O)c2c(Cl)cccc2Cl)/C=C/CC1. The van der Waals surface area contributed by atoms with Crippen molar-refractivity contribution < 1.29 is 9.53 Å². The van der Waals surface area contributed by atoms with Gasteiger partial charge < -0.3 is 9.64 Å². The second-order valence-corrected chi connectivity index (χ2v) is 10.3. The van der Waals surface area contributed by atoms with Gasteiger partial charge in [0, 0.05) is 13.5 Å². The van der Waals surface area contributed by atoms with Crippen LogP contribution in [0.1, 0.15) is 56.8 Å². The fraction of sp³-hybridized carbons (Fsp3) is 0.400. The van der Waals surface area contributed by atoms with Gasteiger partial charge >= 0.3 is 0 Å². The minimum absolute atomic E-state index is 0.214. The third kappa shape index (κ3) is 5.58. The van der Waals surface area contributed by atoms with Gasteiger partial charge in [-0.25, -0.2) is 0 Å². The van der Waals surface area contributed by atoms with Gasteiger partial charge in [0.15, 0.2) is 0 Å². The molecule has 1 aromatic rings. The number of ether oxygens (including phenoxy) is 1. The van der Waals surface area contributed by atoms with Crippen LogP contribution in [0, 0.1) is 0 Å². The lowest BCUT2D eigenvalue weighted by molar-refractivity contribution is 0.0670. The Balaban J connectivity index is 1.80. The summed E-state index contributed by atoms with van der Waals surface area (Å²) < 4.78 is 6.25. The molecule has 2 unspecified atom stereocenters. The van der Waals surface area contributed by atoms with Gasteiger partial charge in [0.2, 0.25) is 0 Å². The molecule has 0 N–H and O–H groups in total. The van der Waals surface area contributed by atoms with E-state index in [-0.39, 0.29) is 10.8 Å². The van der Waals surface area contributed by atoms with Crippen LogP contribution in [0.3, 0.4) is 0 Å². The monoisotopic (exact) mass is 479 g/mol. The number of hydrogen-bond donors (Lipinski definition) is 0. The molecule has 2 aliphatic carbocycles. The smallest absolute Gasteiger partial charge is 0.257 e. The molecule has 0 fully saturated rings. The zero-order valence-corrected chi connectivity index (χ0v) is 20.6. The maximum atomic E-state index is 13.2. The van der Waals surface area contributed by atoms with Crippen LogP contribution in [0.2, 0.25) is 10.0 Å². The number of hydrogen-bond acceptors (Lipinski definition) is 2. The van der Waals surface area contributed by atoms with E-state index in [0.29, 0.717) is 22.0 Å². The highest BCUT2D eigenvalue weighted by Gasteiger charge is 2.32. The van der Waals surface area contributed by atoms with Gasteiger partial charge in [0.25, 0.3) is 5.91 Å². The summed E-state index contributed by atoms with van der Waals surface area (Å²) in [5.74, 6) is 1.53. The molecule has 166 valence electrons. The molecule has 3 rings (SSSR count).